The highest BCUT2D eigenvalue weighted by atomic mass is 16.1. The number of hydrogen-bond acceptors (Lipinski definition) is 2. The Labute approximate surface area is 154 Å². The quantitative estimate of drug-likeness (QED) is 0.568. The van der Waals surface area contributed by atoms with E-state index in [0.29, 0.717) is 12.5 Å². The third-order valence-corrected chi connectivity index (χ3v) is 4.55. The second kappa shape index (κ2) is 8.04. The lowest BCUT2D eigenvalue weighted by molar-refractivity contribution is -0.118. The van der Waals surface area contributed by atoms with Crippen LogP contribution in [-0.4, -0.2) is 11.9 Å². The summed E-state index contributed by atoms with van der Waals surface area (Å²) in [4.78, 5) is 16.1. The van der Waals surface area contributed by atoms with Gasteiger partial charge in [-0.3, -0.25) is 4.79 Å². The van der Waals surface area contributed by atoms with E-state index in [1.165, 1.54) is 24.0 Å². The van der Waals surface area contributed by atoms with Crippen LogP contribution in [0.25, 0.3) is 0 Å². The number of carbonyl (C=O) groups is 1. The number of nitrogens with zero attached hydrogens (tertiary/aromatic N) is 1. The molecule has 0 aromatic heterocycles. The first-order valence-corrected chi connectivity index (χ1v) is 9.10. The van der Waals surface area contributed by atoms with E-state index in [4.69, 9.17) is 5.73 Å². The second-order valence-corrected chi connectivity index (χ2v) is 7.00. The molecule has 2 aromatic rings. The van der Waals surface area contributed by atoms with Crippen LogP contribution in [0.2, 0.25) is 0 Å². The second-order valence-electron chi connectivity index (χ2n) is 7.00. The van der Waals surface area contributed by atoms with Crippen molar-refractivity contribution in [1.82, 2.24) is 0 Å². The molecule has 0 radical (unpaired) electrons. The lowest BCUT2D eigenvalue weighted by Gasteiger charge is -2.09. The lowest BCUT2D eigenvalue weighted by atomic mass is 10.1. The van der Waals surface area contributed by atoms with E-state index in [-0.39, 0.29) is 11.8 Å². The van der Waals surface area contributed by atoms with Crippen LogP contribution in [0.15, 0.2) is 47.5 Å². The molecule has 0 heterocycles. The smallest absolute Gasteiger partial charge is 0.226 e. The summed E-state index contributed by atoms with van der Waals surface area (Å²) in [6.45, 7) is 4.23. The van der Waals surface area contributed by atoms with Gasteiger partial charge in [0.05, 0.1) is 6.54 Å². The fourth-order valence-corrected chi connectivity index (χ4v) is 2.99. The fraction of sp³-hybridized carbons (Fsp3) is 0.333. The molecule has 0 unspecified atom stereocenters. The van der Waals surface area contributed by atoms with Gasteiger partial charge < -0.3 is 16.4 Å². The normalized spacial score (nSPS) is 13.6. The van der Waals surface area contributed by atoms with E-state index in [9.17, 15) is 4.79 Å². The van der Waals surface area contributed by atoms with Crippen LogP contribution in [-0.2, 0) is 24.2 Å². The number of benzene rings is 2. The van der Waals surface area contributed by atoms with Crippen molar-refractivity contribution in [1.29, 1.82) is 0 Å². The predicted molar refractivity (Wildman–Crippen MR) is 107 cm³/mol. The Morgan fingerprint density at radius 2 is 1.73 bits per heavy atom. The lowest BCUT2D eigenvalue weighted by Crippen LogP contribution is -2.22. The summed E-state index contributed by atoms with van der Waals surface area (Å²) in [5.41, 5.74) is 11.7. The maximum absolute atomic E-state index is 11.7. The first-order chi connectivity index (χ1) is 12.5. The van der Waals surface area contributed by atoms with Crippen molar-refractivity contribution in [2.75, 3.05) is 10.6 Å². The van der Waals surface area contributed by atoms with Crippen molar-refractivity contribution in [2.45, 2.75) is 39.7 Å². The largest absolute Gasteiger partial charge is 0.370 e. The number of carbonyl (C=O) groups excluding carboxylic acids is 1. The Morgan fingerprint density at radius 1 is 1.04 bits per heavy atom. The van der Waals surface area contributed by atoms with E-state index >= 15 is 0 Å². The summed E-state index contributed by atoms with van der Waals surface area (Å²) in [5, 5.41) is 6.04. The van der Waals surface area contributed by atoms with Gasteiger partial charge in [-0.15, -0.1) is 0 Å². The number of anilines is 2. The molecule has 0 fully saturated rings. The van der Waals surface area contributed by atoms with Crippen LogP contribution >= 0.6 is 0 Å². The molecule has 0 bridgehead atoms. The Morgan fingerprint density at radius 3 is 2.46 bits per heavy atom. The van der Waals surface area contributed by atoms with Crippen LogP contribution in [0, 0.1) is 5.92 Å². The van der Waals surface area contributed by atoms with E-state index in [1.54, 1.807) is 0 Å². The number of nitrogens with one attached hydrogen (secondary N) is 2. The molecular formula is C21H26N4O. The topological polar surface area (TPSA) is 79.5 Å². The van der Waals surface area contributed by atoms with E-state index in [0.717, 1.165) is 23.4 Å². The molecule has 3 rings (SSSR count). The Kier molecular flexibility index (Phi) is 5.56. The van der Waals surface area contributed by atoms with Gasteiger partial charge in [0.2, 0.25) is 5.91 Å². The third-order valence-electron chi connectivity index (χ3n) is 4.55. The minimum absolute atomic E-state index is 0.0126. The first kappa shape index (κ1) is 18.0. The molecular weight excluding hydrogens is 324 g/mol. The fourth-order valence-electron chi connectivity index (χ4n) is 2.99. The zero-order valence-corrected chi connectivity index (χ0v) is 15.4. The van der Waals surface area contributed by atoms with Crippen molar-refractivity contribution >= 4 is 23.2 Å². The van der Waals surface area contributed by atoms with E-state index in [1.807, 2.05) is 38.1 Å². The number of nitrogens with two attached hydrogens (primary N) is 1. The Bertz CT molecular complexity index is 809. The maximum atomic E-state index is 11.7. The van der Waals surface area contributed by atoms with Gasteiger partial charge in [0.25, 0.3) is 0 Å². The molecule has 136 valence electrons. The van der Waals surface area contributed by atoms with Crippen LogP contribution in [0.1, 0.15) is 37.0 Å². The van der Waals surface area contributed by atoms with Gasteiger partial charge in [0.15, 0.2) is 5.96 Å². The molecule has 0 spiro atoms. The zero-order valence-electron chi connectivity index (χ0n) is 15.4. The van der Waals surface area contributed by atoms with Crippen molar-refractivity contribution in [3.05, 3.63) is 59.2 Å². The maximum Gasteiger partial charge on any atom is 0.226 e. The highest BCUT2D eigenvalue weighted by Crippen LogP contribution is 2.24. The number of aliphatic imine (C=N–C) groups is 1. The van der Waals surface area contributed by atoms with Crippen molar-refractivity contribution < 1.29 is 4.79 Å². The highest BCUT2D eigenvalue weighted by Gasteiger charge is 2.11. The average molecular weight is 350 g/mol. The third kappa shape index (κ3) is 4.63. The summed E-state index contributed by atoms with van der Waals surface area (Å²) in [5.74, 6) is 0.378. The van der Waals surface area contributed by atoms with Gasteiger partial charge in [-0.25, -0.2) is 4.99 Å². The number of fused-ring (bicyclic) bond motifs is 1. The summed E-state index contributed by atoms with van der Waals surface area (Å²) in [7, 11) is 0. The average Bonchev–Trinajstić information content (AvgIpc) is 3.09. The molecule has 5 heteroatoms. The molecule has 0 saturated heterocycles. The minimum Gasteiger partial charge on any atom is -0.370 e. The highest BCUT2D eigenvalue weighted by molar-refractivity contribution is 5.93. The molecule has 0 atom stereocenters. The van der Waals surface area contributed by atoms with Gasteiger partial charge in [-0.1, -0.05) is 32.0 Å². The van der Waals surface area contributed by atoms with Gasteiger partial charge >= 0.3 is 0 Å². The van der Waals surface area contributed by atoms with Gasteiger partial charge in [-0.2, -0.15) is 0 Å². The van der Waals surface area contributed by atoms with Gasteiger partial charge in [-0.05, 0) is 60.2 Å². The molecule has 0 saturated carbocycles. The van der Waals surface area contributed by atoms with E-state index < -0.39 is 0 Å². The molecule has 1 aliphatic carbocycles. The number of aryl methyl sites for hydroxylation is 2. The summed E-state index contributed by atoms with van der Waals surface area (Å²) in [6, 6.07) is 14.0. The standard InChI is InChI=1S/C21H26N4O/c1-14(2)20(26)24-18-9-6-15(7-10-18)13-23-21(22)25-19-11-8-16-4-3-5-17(16)12-19/h6-12,14H,3-5,13H2,1-2H3,(H,24,26)(H3,22,23,25). The molecule has 0 aliphatic heterocycles. The summed E-state index contributed by atoms with van der Waals surface area (Å²) < 4.78 is 0. The van der Waals surface area contributed by atoms with Crippen LogP contribution in [0.3, 0.4) is 0 Å². The number of rotatable bonds is 5. The molecule has 2 aromatic carbocycles. The summed E-state index contributed by atoms with van der Waals surface area (Å²) >= 11 is 0. The number of hydrogen-bond donors (Lipinski definition) is 3. The molecule has 26 heavy (non-hydrogen) atoms. The zero-order chi connectivity index (χ0) is 18.5. The van der Waals surface area contributed by atoms with E-state index in [2.05, 4.69) is 33.8 Å². The molecule has 1 amide bonds. The monoisotopic (exact) mass is 350 g/mol. The van der Waals surface area contributed by atoms with Gasteiger partial charge in [0.1, 0.15) is 0 Å². The Balaban J connectivity index is 1.56. The van der Waals surface area contributed by atoms with Crippen molar-refractivity contribution in [3.8, 4) is 0 Å². The molecule has 1 aliphatic rings. The first-order valence-electron chi connectivity index (χ1n) is 9.10. The molecule has 5 nitrogen and oxygen atoms in total. The van der Waals surface area contributed by atoms with Crippen LogP contribution < -0.4 is 16.4 Å². The Hall–Kier alpha value is -2.82. The molecule has 4 N–H and O–H groups in total. The van der Waals surface area contributed by atoms with Crippen LogP contribution in [0.4, 0.5) is 11.4 Å². The van der Waals surface area contributed by atoms with Gasteiger partial charge in [0, 0.05) is 17.3 Å². The SMILES string of the molecule is CC(C)C(=O)Nc1ccc(CN=C(N)Nc2ccc3c(c2)CCC3)cc1. The van der Waals surface area contributed by atoms with Crippen molar-refractivity contribution in [2.24, 2.45) is 16.6 Å². The van der Waals surface area contributed by atoms with Crippen molar-refractivity contribution in [3.63, 3.8) is 0 Å². The minimum atomic E-state index is -0.0376. The predicted octanol–water partition coefficient (Wildman–Crippen LogP) is 3.70. The number of guanidine groups is 1. The van der Waals surface area contributed by atoms with Crippen LogP contribution in [0.5, 0.6) is 0 Å². The summed E-state index contributed by atoms with van der Waals surface area (Å²) in [6.07, 6.45) is 3.55. The number of amides is 1.